The topological polar surface area (TPSA) is 62.2 Å². The van der Waals surface area contributed by atoms with E-state index < -0.39 is 0 Å². The third-order valence-electron chi connectivity index (χ3n) is 5.98. The van der Waals surface area contributed by atoms with E-state index in [0.29, 0.717) is 18.1 Å². The maximum atomic E-state index is 13.7. The minimum absolute atomic E-state index is 0.000766. The smallest absolute Gasteiger partial charge is 0.256 e. The van der Waals surface area contributed by atoms with Gasteiger partial charge in [-0.15, -0.1) is 0 Å². The van der Waals surface area contributed by atoms with Crippen LogP contribution in [-0.4, -0.2) is 46.4 Å². The molecular weight excluding hydrogens is 398 g/mol. The SMILES string of the molecule is CN(C)c1ncc(-c2ccccc2)c(C2CCCN2C(=O)c2cccc3cccnc23)n1. The van der Waals surface area contributed by atoms with E-state index in [-0.39, 0.29) is 11.9 Å². The summed E-state index contributed by atoms with van der Waals surface area (Å²) in [4.78, 5) is 31.6. The molecule has 32 heavy (non-hydrogen) atoms. The molecule has 1 saturated heterocycles. The Kier molecular flexibility index (Phi) is 5.27. The highest BCUT2D eigenvalue weighted by atomic mass is 16.2. The van der Waals surface area contributed by atoms with Crippen molar-refractivity contribution in [3.63, 3.8) is 0 Å². The van der Waals surface area contributed by atoms with E-state index in [1.807, 2.05) is 78.6 Å². The van der Waals surface area contributed by atoms with Crippen LogP contribution < -0.4 is 4.90 Å². The Morgan fingerprint density at radius 3 is 2.62 bits per heavy atom. The number of carbonyl (C=O) groups is 1. The van der Waals surface area contributed by atoms with Crippen molar-refractivity contribution < 1.29 is 4.79 Å². The van der Waals surface area contributed by atoms with Crippen LogP contribution in [0.2, 0.25) is 0 Å². The molecule has 4 aromatic rings. The van der Waals surface area contributed by atoms with Crippen molar-refractivity contribution >= 4 is 22.8 Å². The van der Waals surface area contributed by atoms with Crippen LogP contribution in [0.1, 0.15) is 34.9 Å². The van der Waals surface area contributed by atoms with Gasteiger partial charge in [0.05, 0.1) is 22.8 Å². The number of nitrogens with zero attached hydrogens (tertiary/aromatic N) is 5. The molecule has 0 saturated carbocycles. The van der Waals surface area contributed by atoms with E-state index >= 15 is 0 Å². The first-order chi connectivity index (χ1) is 15.6. The summed E-state index contributed by atoms with van der Waals surface area (Å²) >= 11 is 0. The van der Waals surface area contributed by atoms with Crippen molar-refractivity contribution in [2.45, 2.75) is 18.9 Å². The molecule has 1 amide bonds. The third-order valence-corrected chi connectivity index (χ3v) is 5.98. The van der Waals surface area contributed by atoms with Crippen molar-refractivity contribution in [1.82, 2.24) is 19.9 Å². The van der Waals surface area contributed by atoms with Gasteiger partial charge >= 0.3 is 0 Å². The summed E-state index contributed by atoms with van der Waals surface area (Å²) in [6.45, 7) is 0.697. The van der Waals surface area contributed by atoms with Gasteiger partial charge < -0.3 is 9.80 Å². The highest BCUT2D eigenvalue weighted by Gasteiger charge is 2.34. The summed E-state index contributed by atoms with van der Waals surface area (Å²) < 4.78 is 0. The molecule has 3 heterocycles. The second-order valence-corrected chi connectivity index (χ2v) is 8.27. The van der Waals surface area contributed by atoms with Gasteiger partial charge in [0.25, 0.3) is 5.91 Å². The molecule has 160 valence electrons. The van der Waals surface area contributed by atoms with Gasteiger partial charge in [-0.05, 0) is 30.5 Å². The highest BCUT2D eigenvalue weighted by molar-refractivity contribution is 6.05. The number of anilines is 1. The van der Waals surface area contributed by atoms with E-state index in [9.17, 15) is 4.79 Å². The van der Waals surface area contributed by atoms with E-state index in [0.717, 1.165) is 40.6 Å². The normalized spacial score (nSPS) is 15.8. The Balaban J connectivity index is 1.60. The highest BCUT2D eigenvalue weighted by Crippen LogP contribution is 2.38. The lowest BCUT2D eigenvalue weighted by molar-refractivity contribution is 0.0735. The van der Waals surface area contributed by atoms with E-state index in [1.54, 1.807) is 6.20 Å². The first-order valence-corrected chi connectivity index (χ1v) is 10.9. The average molecular weight is 424 g/mol. The fourth-order valence-corrected chi connectivity index (χ4v) is 4.42. The third kappa shape index (κ3) is 3.58. The predicted octanol–water partition coefficient (Wildman–Crippen LogP) is 4.74. The van der Waals surface area contributed by atoms with Crippen LogP contribution >= 0.6 is 0 Å². The molecule has 0 aliphatic carbocycles. The monoisotopic (exact) mass is 423 g/mol. The molecule has 6 nitrogen and oxygen atoms in total. The van der Waals surface area contributed by atoms with E-state index in [2.05, 4.69) is 22.1 Å². The summed E-state index contributed by atoms with van der Waals surface area (Å²) in [5, 5.41) is 0.969. The standard InChI is InChI=1S/C26H25N5O/c1-30(2)26-28-17-21(18-9-4-3-5-10-18)24(29-26)22-14-8-16-31(22)25(32)20-13-6-11-19-12-7-15-27-23(19)20/h3-7,9-13,15,17,22H,8,14,16H2,1-2H3. The molecule has 0 radical (unpaired) electrons. The first-order valence-electron chi connectivity index (χ1n) is 10.9. The number of aromatic nitrogens is 3. The Bertz CT molecular complexity index is 1270. The number of hydrogen-bond acceptors (Lipinski definition) is 5. The summed E-state index contributed by atoms with van der Waals surface area (Å²) in [5.74, 6) is 0.645. The Morgan fingerprint density at radius 2 is 1.81 bits per heavy atom. The number of amides is 1. The molecule has 5 rings (SSSR count). The van der Waals surface area contributed by atoms with Crippen LogP contribution in [0.5, 0.6) is 0 Å². The number of likely N-dealkylation sites (tertiary alicyclic amines) is 1. The maximum Gasteiger partial charge on any atom is 0.256 e. The second-order valence-electron chi connectivity index (χ2n) is 8.27. The van der Waals surface area contributed by atoms with Crippen LogP contribution in [0.4, 0.5) is 5.95 Å². The predicted molar refractivity (Wildman–Crippen MR) is 127 cm³/mol. The first kappa shape index (κ1) is 20.1. The number of pyridine rings is 1. The molecule has 2 aromatic heterocycles. The number of fused-ring (bicyclic) bond motifs is 1. The van der Waals surface area contributed by atoms with E-state index in [4.69, 9.17) is 4.98 Å². The zero-order valence-corrected chi connectivity index (χ0v) is 18.3. The molecule has 1 aliphatic heterocycles. The fraction of sp³-hybridized carbons (Fsp3) is 0.231. The van der Waals surface area contributed by atoms with E-state index in [1.165, 1.54) is 0 Å². The van der Waals surface area contributed by atoms with Gasteiger partial charge in [0.15, 0.2) is 0 Å². The van der Waals surface area contributed by atoms with Gasteiger partial charge in [-0.3, -0.25) is 9.78 Å². The average Bonchev–Trinajstić information content (AvgIpc) is 3.33. The van der Waals surface area contributed by atoms with Gasteiger partial charge in [-0.25, -0.2) is 9.97 Å². The molecule has 1 atom stereocenters. The van der Waals surface area contributed by atoms with Crippen molar-refractivity contribution in [3.8, 4) is 11.1 Å². The lowest BCUT2D eigenvalue weighted by Crippen LogP contribution is -2.32. The quantitative estimate of drug-likeness (QED) is 0.475. The van der Waals surface area contributed by atoms with Crippen molar-refractivity contribution in [2.24, 2.45) is 0 Å². The zero-order chi connectivity index (χ0) is 22.1. The Hall–Kier alpha value is -3.80. The molecule has 1 aliphatic rings. The Morgan fingerprint density at radius 1 is 1.00 bits per heavy atom. The lowest BCUT2D eigenvalue weighted by Gasteiger charge is -2.27. The minimum atomic E-state index is -0.113. The van der Waals surface area contributed by atoms with Crippen LogP contribution in [0.25, 0.3) is 22.0 Å². The van der Waals surface area contributed by atoms with Gasteiger partial charge in [-0.1, -0.05) is 48.5 Å². The largest absolute Gasteiger partial charge is 0.347 e. The maximum absolute atomic E-state index is 13.7. The summed E-state index contributed by atoms with van der Waals surface area (Å²) in [6.07, 6.45) is 5.42. The van der Waals surface area contributed by atoms with Crippen molar-refractivity contribution in [2.75, 3.05) is 25.5 Å². The number of para-hydroxylation sites is 1. The molecule has 0 N–H and O–H groups in total. The Labute approximate surface area is 187 Å². The lowest BCUT2D eigenvalue weighted by atomic mass is 9.99. The molecule has 0 spiro atoms. The summed E-state index contributed by atoms with van der Waals surface area (Å²) in [6, 6.07) is 19.7. The van der Waals surface area contributed by atoms with Crippen LogP contribution in [0.15, 0.2) is 73.1 Å². The minimum Gasteiger partial charge on any atom is -0.347 e. The number of carbonyl (C=O) groups excluding carboxylic acids is 1. The van der Waals surface area contributed by atoms with Crippen LogP contribution in [0, 0.1) is 0 Å². The van der Waals surface area contributed by atoms with Gasteiger partial charge in [-0.2, -0.15) is 0 Å². The zero-order valence-electron chi connectivity index (χ0n) is 18.3. The van der Waals surface area contributed by atoms with Crippen LogP contribution in [-0.2, 0) is 0 Å². The number of hydrogen-bond donors (Lipinski definition) is 0. The molecule has 1 unspecified atom stereocenters. The van der Waals surface area contributed by atoms with Gasteiger partial charge in [0, 0.05) is 44.0 Å². The van der Waals surface area contributed by atoms with Crippen molar-refractivity contribution in [3.05, 3.63) is 84.3 Å². The molecule has 2 aromatic carbocycles. The van der Waals surface area contributed by atoms with Gasteiger partial charge in [0.1, 0.15) is 0 Å². The molecule has 1 fully saturated rings. The molecular formula is C26H25N5O. The van der Waals surface area contributed by atoms with Crippen molar-refractivity contribution in [1.29, 1.82) is 0 Å². The number of rotatable bonds is 4. The molecule has 6 heteroatoms. The molecule has 0 bridgehead atoms. The number of benzene rings is 2. The van der Waals surface area contributed by atoms with Crippen LogP contribution in [0.3, 0.4) is 0 Å². The second kappa shape index (κ2) is 8.38. The van der Waals surface area contributed by atoms with Gasteiger partial charge in [0.2, 0.25) is 5.95 Å². The summed E-state index contributed by atoms with van der Waals surface area (Å²) in [7, 11) is 3.86. The summed E-state index contributed by atoms with van der Waals surface area (Å²) in [5.41, 5.74) is 4.30. The fourth-order valence-electron chi connectivity index (χ4n) is 4.42.